The maximum absolute atomic E-state index is 13.5. The number of ether oxygens (including phenoxy) is 3. The van der Waals surface area contributed by atoms with Crippen molar-refractivity contribution in [3.63, 3.8) is 0 Å². The molecule has 2 unspecified atom stereocenters. The van der Waals surface area contributed by atoms with E-state index in [1.54, 1.807) is 18.2 Å². The molecule has 0 aromatic heterocycles. The molecule has 0 amide bonds. The molecular formula is C25H24FN2O4+. The second-order valence-electron chi connectivity index (χ2n) is 7.67. The second-order valence-corrected chi connectivity index (χ2v) is 7.67. The van der Waals surface area contributed by atoms with Crippen molar-refractivity contribution in [3.8, 4) is 23.0 Å². The minimum absolute atomic E-state index is 0.122. The third-order valence-electron chi connectivity index (χ3n) is 5.66. The molecule has 3 aromatic carbocycles. The smallest absolute Gasteiger partial charge is 0.231 e. The largest absolute Gasteiger partial charge is 0.504 e. The molecule has 3 aromatic rings. The van der Waals surface area contributed by atoms with Gasteiger partial charge < -0.3 is 30.0 Å². The van der Waals surface area contributed by atoms with Crippen LogP contribution in [-0.4, -0.2) is 18.5 Å². The van der Waals surface area contributed by atoms with Gasteiger partial charge in [-0.05, 0) is 61.5 Å². The average Bonchev–Trinajstić information content (AvgIpc) is 3.29. The SMILES string of the molecule is CCOc1cccc(C2C=C(c3ccc4c(c3)OCO4)NC(c3ccc(F)cc3)[NH2+]2)c1O. The molecule has 4 N–H and O–H groups in total. The van der Waals surface area contributed by atoms with Crippen LogP contribution in [0.15, 0.2) is 66.7 Å². The number of benzene rings is 3. The Balaban J connectivity index is 1.56. The van der Waals surface area contributed by atoms with Crippen LogP contribution in [0.5, 0.6) is 23.0 Å². The average molecular weight is 435 g/mol. The zero-order valence-electron chi connectivity index (χ0n) is 17.5. The third-order valence-corrected chi connectivity index (χ3v) is 5.66. The van der Waals surface area contributed by atoms with E-state index in [1.165, 1.54) is 12.1 Å². The van der Waals surface area contributed by atoms with Crippen molar-refractivity contribution in [1.82, 2.24) is 5.32 Å². The van der Waals surface area contributed by atoms with Gasteiger partial charge in [-0.3, -0.25) is 0 Å². The van der Waals surface area contributed by atoms with Gasteiger partial charge in [0, 0.05) is 22.9 Å². The summed E-state index contributed by atoms with van der Waals surface area (Å²) in [5, 5.41) is 16.5. The second kappa shape index (κ2) is 8.43. The van der Waals surface area contributed by atoms with Gasteiger partial charge in [-0.2, -0.15) is 0 Å². The van der Waals surface area contributed by atoms with Crippen LogP contribution in [0.25, 0.3) is 5.70 Å². The molecule has 0 fully saturated rings. The molecule has 5 rings (SSSR count). The van der Waals surface area contributed by atoms with E-state index in [9.17, 15) is 9.50 Å². The predicted octanol–water partition coefficient (Wildman–Crippen LogP) is 3.61. The lowest BCUT2D eigenvalue weighted by Gasteiger charge is -2.30. The van der Waals surface area contributed by atoms with Crippen LogP contribution in [0.2, 0.25) is 0 Å². The number of phenolic OH excluding ortho intramolecular Hbond substituents is 1. The lowest BCUT2D eigenvalue weighted by Crippen LogP contribution is -2.89. The minimum Gasteiger partial charge on any atom is -0.504 e. The van der Waals surface area contributed by atoms with Gasteiger partial charge in [-0.15, -0.1) is 0 Å². The Hall–Kier alpha value is -3.71. The van der Waals surface area contributed by atoms with Gasteiger partial charge in [0.05, 0.1) is 12.2 Å². The number of nitrogens with two attached hydrogens (primary N) is 1. The lowest BCUT2D eigenvalue weighted by molar-refractivity contribution is -0.731. The first-order valence-electron chi connectivity index (χ1n) is 10.6. The van der Waals surface area contributed by atoms with Crippen molar-refractivity contribution in [1.29, 1.82) is 0 Å². The van der Waals surface area contributed by atoms with E-state index in [4.69, 9.17) is 14.2 Å². The molecule has 2 heterocycles. The highest BCUT2D eigenvalue weighted by atomic mass is 19.1. The van der Waals surface area contributed by atoms with Crippen molar-refractivity contribution in [2.24, 2.45) is 0 Å². The molecule has 0 bridgehead atoms. The van der Waals surface area contributed by atoms with Crippen LogP contribution in [0, 0.1) is 5.82 Å². The zero-order valence-corrected chi connectivity index (χ0v) is 17.5. The molecule has 0 saturated heterocycles. The van der Waals surface area contributed by atoms with Crippen LogP contribution in [-0.2, 0) is 0 Å². The van der Waals surface area contributed by atoms with Crippen molar-refractivity contribution < 1.29 is 29.0 Å². The molecule has 2 aliphatic rings. The molecule has 7 heteroatoms. The number of fused-ring (bicyclic) bond motifs is 1. The normalized spacial score (nSPS) is 19.2. The van der Waals surface area contributed by atoms with Crippen LogP contribution in [0.4, 0.5) is 4.39 Å². The summed E-state index contributed by atoms with van der Waals surface area (Å²) in [4.78, 5) is 0. The Morgan fingerprint density at radius 2 is 1.91 bits per heavy atom. The number of rotatable bonds is 5. The topological polar surface area (TPSA) is 76.6 Å². The van der Waals surface area contributed by atoms with Crippen LogP contribution in [0.1, 0.15) is 35.8 Å². The molecule has 2 aliphatic heterocycles. The van der Waals surface area contributed by atoms with Gasteiger partial charge >= 0.3 is 0 Å². The third kappa shape index (κ3) is 3.83. The van der Waals surface area contributed by atoms with Gasteiger partial charge in [0.2, 0.25) is 6.79 Å². The molecule has 0 radical (unpaired) electrons. The van der Waals surface area contributed by atoms with Crippen LogP contribution >= 0.6 is 0 Å². The molecule has 164 valence electrons. The summed E-state index contributed by atoms with van der Waals surface area (Å²) in [6, 6.07) is 17.5. The molecule has 2 atom stereocenters. The molecule has 0 aliphatic carbocycles. The maximum Gasteiger partial charge on any atom is 0.231 e. The van der Waals surface area contributed by atoms with E-state index in [1.807, 2.05) is 37.3 Å². The molecule has 32 heavy (non-hydrogen) atoms. The van der Waals surface area contributed by atoms with Gasteiger partial charge in [-0.25, -0.2) is 4.39 Å². The number of hydrogen-bond acceptors (Lipinski definition) is 5. The number of nitrogens with one attached hydrogen (secondary N) is 1. The van der Waals surface area contributed by atoms with E-state index < -0.39 is 0 Å². The highest BCUT2D eigenvalue weighted by molar-refractivity contribution is 5.69. The van der Waals surface area contributed by atoms with E-state index in [-0.39, 0.29) is 30.6 Å². The number of hydrogen-bond donors (Lipinski definition) is 3. The van der Waals surface area contributed by atoms with E-state index in [2.05, 4.69) is 16.7 Å². The van der Waals surface area contributed by atoms with Crippen molar-refractivity contribution in [2.75, 3.05) is 13.4 Å². The van der Waals surface area contributed by atoms with Crippen molar-refractivity contribution >= 4 is 5.70 Å². The Bertz CT molecular complexity index is 1160. The number of aromatic hydroxyl groups is 1. The quantitative estimate of drug-likeness (QED) is 0.571. The summed E-state index contributed by atoms with van der Waals surface area (Å²) in [5.74, 6) is 1.70. The fourth-order valence-corrected chi connectivity index (χ4v) is 4.09. The number of quaternary nitrogens is 1. The van der Waals surface area contributed by atoms with Crippen molar-refractivity contribution in [3.05, 3.63) is 89.2 Å². The molecule has 0 spiro atoms. The van der Waals surface area contributed by atoms with Crippen LogP contribution in [0.3, 0.4) is 0 Å². The molecular weight excluding hydrogens is 411 g/mol. The summed E-state index contributed by atoms with van der Waals surface area (Å²) in [6.45, 7) is 2.55. The standard InChI is InChI=1S/C25H23FN2O4/c1-2-30-22-5-3-4-18(24(22)29)20-13-19(16-8-11-21-23(12-16)32-14-31-21)27-25(28-20)15-6-9-17(26)10-7-15/h3-13,20,25,27-29H,2,14H2,1H3/p+1. The van der Waals surface area contributed by atoms with E-state index in [0.717, 1.165) is 22.4 Å². The lowest BCUT2D eigenvalue weighted by atomic mass is 9.97. The highest BCUT2D eigenvalue weighted by Gasteiger charge is 2.30. The summed E-state index contributed by atoms with van der Waals surface area (Å²) in [5.41, 5.74) is 3.47. The van der Waals surface area contributed by atoms with E-state index >= 15 is 0 Å². The first kappa shape index (κ1) is 20.2. The summed E-state index contributed by atoms with van der Waals surface area (Å²) >= 11 is 0. The summed E-state index contributed by atoms with van der Waals surface area (Å²) in [7, 11) is 0. The Morgan fingerprint density at radius 3 is 2.72 bits per heavy atom. The van der Waals surface area contributed by atoms with Crippen LogP contribution < -0.4 is 24.8 Å². The highest BCUT2D eigenvalue weighted by Crippen LogP contribution is 2.38. The van der Waals surface area contributed by atoms with E-state index in [0.29, 0.717) is 23.9 Å². The van der Waals surface area contributed by atoms with Crippen molar-refractivity contribution in [2.45, 2.75) is 19.1 Å². The van der Waals surface area contributed by atoms with Gasteiger partial charge in [-0.1, -0.05) is 6.07 Å². The monoisotopic (exact) mass is 435 g/mol. The summed E-state index contributed by atoms with van der Waals surface area (Å²) < 4.78 is 30.1. The number of halogens is 1. The minimum atomic E-state index is -0.283. The Kier molecular flexibility index (Phi) is 5.33. The van der Waals surface area contributed by atoms with Gasteiger partial charge in [0.15, 0.2) is 29.2 Å². The van der Waals surface area contributed by atoms with Gasteiger partial charge in [0.1, 0.15) is 11.9 Å². The summed E-state index contributed by atoms with van der Waals surface area (Å²) in [6.07, 6.45) is 1.86. The van der Waals surface area contributed by atoms with Gasteiger partial charge in [0.25, 0.3) is 0 Å². The molecule has 6 nitrogen and oxygen atoms in total. The maximum atomic E-state index is 13.5. The zero-order chi connectivity index (χ0) is 22.1. The number of para-hydroxylation sites is 1. The molecule has 0 saturated carbocycles. The number of phenols is 1. The Morgan fingerprint density at radius 1 is 1.09 bits per heavy atom. The fraction of sp³-hybridized carbons (Fsp3) is 0.200. The predicted molar refractivity (Wildman–Crippen MR) is 117 cm³/mol. The Labute approximate surface area is 185 Å². The first-order valence-corrected chi connectivity index (χ1v) is 10.6. The fourth-order valence-electron chi connectivity index (χ4n) is 4.09. The first-order chi connectivity index (χ1) is 15.6.